The maximum absolute atomic E-state index is 12.1. The molecule has 1 amide bonds. The molecule has 0 bridgehead atoms. The van der Waals surface area contributed by atoms with Crippen LogP contribution in [0.1, 0.15) is 17.5 Å². The average Bonchev–Trinajstić information content (AvgIpc) is 2.46. The van der Waals surface area contributed by atoms with Gasteiger partial charge in [-0.25, -0.2) is 0 Å². The van der Waals surface area contributed by atoms with E-state index in [4.69, 9.17) is 9.84 Å². The molecule has 1 aromatic carbocycles. The molecule has 1 aromatic rings. The lowest BCUT2D eigenvalue weighted by atomic mass is 10.0. The Morgan fingerprint density at radius 3 is 3.00 bits per heavy atom. The Labute approximate surface area is 114 Å². The third-order valence-electron chi connectivity index (χ3n) is 3.56. The molecule has 2 rings (SSSR count). The molecule has 1 fully saturated rings. The number of carbonyl (C=O) groups excluding carboxylic acids is 1. The summed E-state index contributed by atoms with van der Waals surface area (Å²) in [4.78, 5) is 13.9. The Bertz CT molecular complexity index is 433. The molecule has 1 saturated heterocycles. The Balaban J connectivity index is 1.86. The normalized spacial score (nSPS) is 19.5. The molecule has 1 unspecified atom stereocenters. The van der Waals surface area contributed by atoms with E-state index in [9.17, 15) is 4.79 Å². The third-order valence-corrected chi connectivity index (χ3v) is 3.56. The van der Waals surface area contributed by atoms with Gasteiger partial charge in [0.15, 0.2) is 0 Å². The third kappa shape index (κ3) is 3.78. The summed E-state index contributed by atoms with van der Waals surface area (Å²) in [7, 11) is 0. The van der Waals surface area contributed by atoms with Gasteiger partial charge >= 0.3 is 0 Å². The zero-order valence-corrected chi connectivity index (χ0v) is 11.3. The standard InChI is InChI=1S/C15H21NO3/c1-12-4-2-3-5-13(12)6-7-15(18)16-8-9-19-14(10-16)11-17/h2-5,14,17H,6-11H2,1H3. The van der Waals surface area contributed by atoms with Gasteiger partial charge in [-0.2, -0.15) is 0 Å². The van der Waals surface area contributed by atoms with Crippen molar-refractivity contribution in [3.63, 3.8) is 0 Å². The molecule has 1 aliphatic rings. The Morgan fingerprint density at radius 2 is 2.26 bits per heavy atom. The SMILES string of the molecule is Cc1ccccc1CCC(=O)N1CCOC(CO)C1. The maximum atomic E-state index is 12.1. The number of morpholine rings is 1. The van der Waals surface area contributed by atoms with Gasteiger partial charge < -0.3 is 14.7 Å². The minimum atomic E-state index is -0.226. The molecule has 1 aliphatic heterocycles. The van der Waals surface area contributed by atoms with Crippen LogP contribution in [0.4, 0.5) is 0 Å². The second kappa shape index (κ2) is 6.68. The maximum Gasteiger partial charge on any atom is 0.223 e. The fourth-order valence-electron chi connectivity index (χ4n) is 2.35. The summed E-state index contributed by atoms with van der Waals surface area (Å²) in [6.45, 7) is 3.69. The van der Waals surface area contributed by atoms with Gasteiger partial charge in [0.1, 0.15) is 0 Å². The smallest absolute Gasteiger partial charge is 0.223 e. The molecule has 1 atom stereocenters. The van der Waals surface area contributed by atoms with Gasteiger partial charge in [0.2, 0.25) is 5.91 Å². The molecular weight excluding hydrogens is 242 g/mol. The van der Waals surface area contributed by atoms with Crippen LogP contribution >= 0.6 is 0 Å². The van der Waals surface area contributed by atoms with E-state index in [2.05, 4.69) is 19.1 Å². The van der Waals surface area contributed by atoms with Crippen molar-refractivity contribution < 1.29 is 14.6 Å². The van der Waals surface area contributed by atoms with Crippen molar-refractivity contribution >= 4 is 5.91 Å². The fourth-order valence-corrected chi connectivity index (χ4v) is 2.35. The molecule has 0 aliphatic carbocycles. The van der Waals surface area contributed by atoms with E-state index in [1.165, 1.54) is 11.1 Å². The zero-order valence-electron chi connectivity index (χ0n) is 11.3. The lowest BCUT2D eigenvalue weighted by Gasteiger charge is -2.32. The zero-order chi connectivity index (χ0) is 13.7. The second-order valence-corrected chi connectivity index (χ2v) is 4.94. The number of benzene rings is 1. The molecule has 1 heterocycles. The summed E-state index contributed by atoms with van der Waals surface area (Å²) in [5.41, 5.74) is 2.45. The number of aryl methyl sites for hydroxylation is 2. The molecule has 0 aromatic heterocycles. The van der Waals surface area contributed by atoms with E-state index in [1.54, 1.807) is 4.90 Å². The van der Waals surface area contributed by atoms with Crippen molar-refractivity contribution in [2.45, 2.75) is 25.9 Å². The first-order valence-electron chi connectivity index (χ1n) is 6.75. The highest BCUT2D eigenvalue weighted by molar-refractivity contribution is 5.76. The summed E-state index contributed by atoms with van der Waals surface area (Å²) < 4.78 is 5.35. The predicted octanol–water partition coefficient (Wildman–Crippen LogP) is 1.15. The first-order chi connectivity index (χ1) is 9.20. The summed E-state index contributed by atoms with van der Waals surface area (Å²) in [5, 5.41) is 9.07. The number of nitrogens with zero attached hydrogens (tertiary/aromatic N) is 1. The number of amides is 1. The number of rotatable bonds is 4. The molecule has 4 nitrogen and oxygen atoms in total. The van der Waals surface area contributed by atoms with Gasteiger partial charge in [0.25, 0.3) is 0 Å². The van der Waals surface area contributed by atoms with Crippen LogP contribution in [-0.4, -0.2) is 48.3 Å². The van der Waals surface area contributed by atoms with Crippen LogP contribution in [0.3, 0.4) is 0 Å². The van der Waals surface area contributed by atoms with Crippen LogP contribution < -0.4 is 0 Å². The van der Waals surface area contributed by atoms with Gasteiger partial charge in [-0.3, -0.25) is 4.79 Å². The van der Waals surface area contributed by atoms with Crippen LogP contribution in [0, 0.1) is 6.92 Å². The lowest BCUT2D eigenvalue weighted by molar-refractivity contribution is -0.140. The number of aliphatic hydroxyl groups is 1. The van der Waals surface area contributed by atoms with Crippen molar-refractivity contribution in [2.75, 3.05) is 26.3 Å². The monoisotopic (exact) mass is 263 g/mol. The average molecular weight is 263 g/mol. The Hall–Kier alpha value is -1.39. The summed E-state index contributed by atoms with van der Waals surface area (Å²) in [6.07, 6.45) is 1.06. The topological polar surface area (TPSA) is 49.8 Å². The van der Waals surface area contributed by atoms with E-state index in [0.29, 0.717) is 26.1 Å². The van der Waals surface area contributed by atoms with Gasteiger partial charge in [0, 0.05) is 19.5 Å². The van der Waals surface area contributed by atoms with Crippen LogP contribution in [0.2, 0.25) is 0 Å². The van der Waals surface area contributed by atoms with Crippen molar-refractivity contribution in [3.8, 4) is 0 Å². The van der Waals surface area contributed by atoms with E-state index in [0.717, 1.165) is 6.42 Å². The molecule has 1 N–H and O–H groups in total. The van der Waals surface area contributed by atoms with E-state index < -0.39 is 0 Å². The van der Waals surface area contributed by atoms with Crippen molar-refractivity contribution in [1.29, 1.82) is 0 Å². The largest absolute Gasteiger partial charge is 0.394 e. The highest BCUT2D eigenvalue weighted by atomic mass is 16.5. The van der Waals surface area contributed by atoms with Crippen LogP contribution in [0.15, 0.2) is 24.3 Å². The molecule has 104 valence electrons. The van der Waals surface area contributed by atoms with Crippen molar-refractivity contribution in [2.24, 2.45) is 0 Å². The minimum Gasteiger partial charge on any atom is -0.394 e. The number of ether oxygens (including phenoxy) is 1. The van der Waals surface area contributed by atoms with Crippen LogP contribution in [0.25, 0.3) is 0 Å². The number of hydrogen-bond acceptors (Lipinski definition) is 3. The molecule has 0 spiro atoms. The van der Waals surface area contributed by atoms with E-state index in [-0.39, 0.29) is 18.6 Å². The predicted molar refractivity (Wildman–Crippen MR) is 72.9 cm³/mol. The first-order valence-corrected chi connectivity index (χ1v) is 6.75. The van der Waals surface area contributed by atoms with Crippen molar-refractivity contribution in [1.82, 2.24) is 4.90 Å². The van der Waals surface area contributed by atoms with Crippen molar-refractivity contribution in [3.05, 3.63) is 35.4 Å². The highest BCUT2D eigenvalue weighted by Gasteiger charge is 2.23. The summed E-state index contributed by atoms with van der Waals surface area (Å²) in [5.74, 6) is 0.144. The minimum absolute atomic E-state index is 0.0262. The molecule has 4 heteroatoms. The molecular formula is C15H21NO3. The van der Waals surface area contributed by atoms with Gasteiger partial charge in [-0.1, -0.05) is 24.3 Å². The van der Waals surface area contributed by atoms with E-state index in [1.807, 2.05) is 12.1 Å². The van der Waals surface area contributed by atoms with Gasteiger partial charge in [-0.15, -0.1) is 0 Å². The van der Waals surface area contributed by atoms with Crippen LogP contribution in [-0.2, 0) is 16.0 Å². The molecule has 0 radical (unpaired) electrons. The first kappa shape index (κ1) is 14.0. The fraction of sp³-hybridized carbons (Fsp3) is 0.533. The number of aliphatic hydroxyl groups excluding tert-OH is 1. The summed E-state index contributed by atoms with van der Waals surface area (Å²) >= 11 is 0. The summed E-state index contributed by atoms with van der Waals surface area (Å²) in [6, 6.07) is 8.15. The lowest BCUT2D eigenvalue weighted by Crippen LogP contribution is -2.46. The number of hydrogen-bond donors (Lipinski definition) is 1. The van der Waals surface area contributed by atoms with E-state index >= 15 is 0 Å². The van der Waals surface area contributed by atoms with Gasteiger partial charge in [0.05, 0.1) is 19.3 Å². The van der Waals surface area contributed by atoms with Gasteiger partial charge in [-0.05, 0) is 24.5 Å². The molecule has 0 saturated carbocycles. The van der Waals surface area contributed by atoms with Crippen LogP contribution in [0.5, 0.6) is 0 Å². The Morgan fingerprint density at radius 1 is 1.47 bits per heavy atom. The quantitative estimate of drug-likeness (QED) is 0.886. The highest BCUT2D eigenvalue weighted by Crippen LogP contribution is 2.12. The molecule has 19 heavy (non-hydrogen) atoms. The number of carbonyl (C=O) groups is 1. The Kier molecular flexibility index (Phi) is 4.93. The second-order valence-electron chi connectivity index (χ2n) is 4.94.